The fourth-order valence-corrected chi connectivity index (χ4v) is 2.52. The van der Waals surface area contributed by atoms with Gasteiger partial charge in [0.2, 0.25) is 5.91 Å². The van der Waals surface area contributed by atoms with E-state index in [2.05, 4.69) is 20.5 Å². The van der Waals surface area contributed by atoms with Gasteiger partial charge in [0.05, 0.1) is 12.5 Å². The number of piperazine rings is 1. The number of aromatic nitrogens is 3. The zero-order valence-electron chi connectivity index (χ0n) is 11.1. The SMILES string of the molecule is O=C(Cc1ccn[nH]1)N1CCNCC1c1cccnc1. The third-order valence-corrected chi connectivity index (χ3v) is 3.53. The van der Waals surface area contributed by atoms with E-state index in [9.17, 15) is 4.79 Å². The molecule has 0 aliphatic carbocycles. The molecule has 0 radical (unpaired) electrons. The fraction of sp³-hybridized carbons (Fsp3) is 0.357. The van der Waals surface area contributed by atoms with Crippen molar-refractivity contribution in [2.45, 2.75) is 12.5 Å². The Morgan fingerprint density at radius 3 is 3.10 bits per heavy atom. The van der Waals surface area contributed by atoms with E-state index in [4.69, 9.17) is 0 Å². The molecule has 0 spiro atoms. The van der Waals surface area contributed by atoms with E-state index >= 15 is 0 Å². The predicted molar refractivity (Wildman–Crippen MR) is 73.9 cm³/mol. The first-order chi connectivity index (χ1) is 9.84. The van der Waals surface area contributed by atoms with Crippen molar-refractivity contribution in [3.63, 3.8) is 0 Å². The third kappa shape index (κ3) is 2.70. The van der Waals surface area contributed by atoms with Gasteiger partial charge in [0.25, 0.3) is 0 Å². The number of hydrogen-bond donors (Lipinski definition) is 2. The molecule has 2 aromatic heterocycles. The molecule has 1 saturated heterocycles. The molecular formula is C14H17N5O. The molecule has 0 bridgehead atoms. The van der Waals surface area contributed by atoms with Crippen molar-refractivity contribution in [3.05, 3.63) is 48.0 Å². The first-order valence-electron chi connectivity index (χ1n) is 6.73. The van der Waals surface area contributed by atoms with Crippen molar-refractivity contribution in [3.8, 4) is 0 Å². The molecule has 3 rings (SSSR count). The molecular weight excluding hydrogens is 254 g/mol. The Hall–Kier alpha value is -2.21. The maximum atomic E-state index is 12.5. The number of aromatic amines is 1. The highest BCUT2D eigenvalue weighted by Crippen LogP contribution is 2.22. The summed E-state index contributed by atoms with van der Waals surface area (Å²) in [6, 6.07) is 5.80. The van der Waals surface area contributed by atoms with Crippen LogP contribution in [-0.4, -0.2) is 45.6 Å². The van der Waals surface area contributed by atoms with Gasteiger partial charge in [0.15, 0.2) is 0 Å². The monoisotopic (exact) mass is 271 g/mol. The Bertz CT molecular complexity index is 554. The summed E-state index contributed by atoms with van der Waals surface area (Å²) in [6.45, 7) is 2.30. The average Bonchev–Trinajstić information content (AvgIpc) is 3.01. The molecule has 2 N–H and O–H groups in total. The fourth-order valence-electron chi connectivity index (χ4n) is 2.52. The molecule has 1 unspecified atom stereocenters. The van der Waals surface area contributed by atoms with Crippen molar-refractivity contribution >= 4 is 5.91 Å². The van der Waals surface area contributed by atoms with Gasteiger partial charge >= 0.3 is 0 Å². The molecule has 1 amide bonds. The van der Waals surface area contributed by atoms with Crippen LogP contribution in [0, 0.1) is 0 Å². The number of nitrogens with one attached hydrogen (secondary N) is 2. The van der Waals surface area contributed by atoms with Crippen LogP contribution >= 0.6 is 0 Å². The zero-order chi connectivity index (χ0) is 13.8. The lowest BCUT2D eigenvalue weighted by Crippen LogP contribution is -2.49. The average molecular weight is 271 g/mol. The molecule has 1 atom stereocenters. The summed E-state index contributed by atoms with van der Waals surface area (Å²) in [5, 5.41) is 10.1. The van der Waals surface area contributed by atoms with Crippen molar-refractivity contribution in [1.82, 2.24) is 25.4 Å². The van der Waals surface area contributed by atoms with Gasteiger partial charge in [-0.1, -0.05) is 6.07 Å². The molecule has 1 fully saturated rings. The van der Waals surface area contributed by atoms with E-state index in [1.54, 1.807) is 12.4 Å². The molecule has 20 heavy (non-hydrogen) atoms. The van der Waals surface area contributed by atoms with Crippen LogP contribution in [-0.2, 0) is 11.2 Å². The van der Waals surface area contributed by atoms with Gasteiger partial charge in [-0.05, 0) is 17.7 Å². The van der Waals surface area contributed by atoms with Crippen molar-refractivity contribution in [2.75, 3.05) is 19.6 Å². The van der Waals surface area contributed by atoms with Gasteiger partial charge < -0.3 is 10.2 Å². The molecule has 1 aliphatic rings. The van der Waals surface area contributed by atoms with Crippen LogP contribution in [0.25, 0.3) is 0 Å². The number of nitrogens with zero attached hydrogens (tertiary/aromatic N) is 3. The third-order valence-electron chi connectivity index (χ3n) is 3.53. The van der Waals surface area contributed by atoms with E-state index in [-0.39, 0.29) is 11.9 Å². The summed E-state index contributed by atoms with van der Waals surface area (Å²) >= 11 is 0. The van der Waals surface area contributed by atoms with Gasteiger partial charge in [-0.2, -0.15) is 5.10 Å². The highest BCUT2D eigenvalue weighted by molar-refractivity contribution is 5.79. The van der Waals surface area contributed by atoms with Crippen LogP contribution in [0.3, 0.4) is 0 Å². The number of amides is 1. The highest BCUT2D eigenvalue weighted by Gasteiger charge is 2.27. The first-order valence-corrected chi connectivity index (χ1v) is 6.73. The minimum Gasteiger partial charge on any atom is -0.333 e. The topological polar surface area (TPSA) is 73.9 Å². The largest absolute Gasteiger partial charge is 0.333 e. The van der Waals surface area contributed by atoms with Crippen LogP contribution in [0.1, 0.15) is 17.3 Å². The molecule has 0 aromatic carbocycles. The quantitative estimate of drug-likeness (QED) is 0.853. The van der Waals surface area contributed by atoms with Crippen LogP contribution in [0.4, 0.5) is 0 Å². The number of pyridine rings is 1. The molecule has 3 heterocycles. The van der Waals surface area contributed by atoms with Crippen molar-refractivity contribution in [2.24, 2.45) is 0 Å². The van der Waals surface area contributed by atoms with E-state index in [0.29, 0.717) is 13.0 Å². The summed E-state index contributed by atoms with van der Waals surface area (Å²) in [5.74, 6) is 0.115. The van der Waals surface area contributed by atoms with Gasteiger partial charge in [-0.15, -0.1) is 0 Å². The standard InChI is InChI=1S/C14H17N5O/c20-14(8-12-3-5-17-18-12)19-7-6-16-10-13(19)11-2-1-4-15-9-11/h1-5,9,13,16H,6-8,10H2,(H,17,18). The molecule has 2 aromatic rings. The van der Waals surface area contributed by atoms with E-state index < -0.39 is 0 Å². The normalized spacial score (nSPS) is 19.0. The molecule has 104 valence electrons. The summed E-state index contributed by atoms with van der Waals surface area (Å²) < 4.78 is 0. The predicted octanol–water partition coefficient (Wildman–Crippen LogP) is 0.520. The molecule has 6 heteroatoms. The number of rotatable bonds is 3. The van der Waals surface area contributed by atoms with Gasteiger partial charge in [-0.3, -0.25) is 14.9 Å². The van der Waals surface area contributed by atoms with Gasteiger partial charge in [0.1, 0.15) is 0 Å². The lowest BCUT2D eigenvalue weighted by Gasteiger charge is -2.36. The Labute approximate surface area is 117 Å². The van der Waals surface area contributed by atoms with Crippen LogP contribution in [0.5, 0.6) is 0 Å². The smallest absolute Gasteiger partial charge is 0.229 e. The summed E-state index contributed by atoms with van der Waals surface area (Å²) in [5.41, 5.74) is 1.91. The maximum absolute atomic E-state index is 12.5. The summed E-state index contributed by atoms with van der Waals surface area (Å²) in [4.78, 5) is 18.6. The lowest BCUT2D eigenvalue weighted by atomic mass is 10.0. The Kier molecular flexibility index (Phi) is 3.73. The summed E-state index contributed by atoms with van der Waals surface area (Å²) in [7, 11) is 0. The van der Waals surface area contributed by atoms with Gasteiger partial charge in [-0.25, -0.2) is 0 Å². The highest BCUT2D eigenvalue weighted by atomic mass is 16.2. The zero-order valence-corrected chi connectivity index (χ0v) is 11.1. The second kappa shape index (κ2) is 5.83. The van der Waals surface area contributed by atoms with E-state index in [1.165, 1.54) is 0 Å². The second-order valence-corrected chi connectivity index (χ2v) is 4.85. The maximum Gasteiger partial charge on any atom is 0.229 e. The lowest BCUT2D eigenvalue weighted by molar-refractivity contribution is -0.133. The number of H-pyrrole nitrogens is 1. The second-order valence-electron chi connectivity index (χ2n) is 4.85. The Morgan fingerprint density at radius 1 is 1.40 bits per heavy atom. The van der Waals surface area contributed by atoms with Crippen LogP contribution in [0.2, 0.25) is 0 Å². The summed E-state index contributed by atoms with van der Waals surface area (Å²) in [6.07, 6.45) is 5.60. The molecule has 6 nitrogen and oxygen atoms in total. The van der Waals surface area contributed by atoms with Gasteiger partial charge in [0, 0.05) is 43.9 Å². The minimum atomic E-state index is 0.0490. The number of carbonyl (C=O) groups excluding carboxylic acids is 1. The Morgan fingerprint density at radius 2 is 2.35 bits per heavy atom. The molecule has 0 saturated carbocycles. The van der Waals surface area contributed by atoms with E-state index in [1.807, 2.05) is 29.3 Å². The minimum absolute atomic E-state index is 0.0490. The number of hydrogen-bond acceptors (Lipinski definition) is 4. The Balaban J connectivity index is 1.77. The van der Waals surface area contributed by atoms with Crippen LogP contribution in [0.15, 0.2) is 36.8 Å². The van der Waals surface area contributed by atoms with E-state index in [0.717, 1.165) is 24.3 Å². The number of carbonyl (C=O) groups is 1. The van der Waals surface area contributed by atoms with Crippen LogP contribution < -0.4 is 5.32 Å². The molecule has 1 aliphatic heterocycles. The first kappa shape index (κ1) is 12.8. The van der Waals surface area contributed by atoms with Crippen molar-refractivity contribution < 1.29 is 4.79 Å². The van der Waals surface area contributed by atoms with Crippen molar-refractivity contribution in [1.29, 1.82) is 0 Å².